The zero-order valence-corrected chi connectivity index (χ0v) is 20.5. The molecular formula is C26H32FN7O2. The van der Waals surface area contributed by atoms with Crippen LogP contribution in [0.25, 0.3) is 0 Å². The van der Waals surface area contributed by atoms with Crippen LogP contribution < -0.4 is 26.4 Å². The standard InChI is InChI=1S/C18H23N7O.C8H9FO/c19-16(13-3-1-12(2-4-13)9-22-11-26)15-17(20)23-10-24-18(15)25-14-5-7-21-8-6-14;1-6-5-7(9)3-4-8(6)10-2/h1-4,10-11,14,19,21H,5-9H2,(H,22,26)(H3,20,23,24,25);3-5H,1-2H3. The SMILES string of the molecule is COc1ccc(F)cc1C.N=C(c1ccc(CNC=O)cc1)c1c(N)ncnc1NC1CCNCC1. The number of hydrogen-bond donors (Lipinski definition) is 5. The molecule has 0 atom stereocenters. The highest BCUT2D eigenvalue weighted by atomic mass is 19.1. The van der Waals surface area contributed by atoms with Gasteiger partial charge in [-0.15, -0.1) is 0 Å². The Morgan fingerprint density at radius 3 is 2.58 bits per heavy atom. The number of rotatable bonds is 8. The van der Waals surface area contributed by atoms with Crippen molar-refractivity contribution in [1.29, 1.82) is 5.41 Å². The molecular weight excluding hydrogens is 461 g/mol. The molecule has 1 aliphatic heterocycles. The van der Waals surface area contributed by atoms with E-state index in [0.29, 0.717) is 30.4 Å². The Bertz CT molecular complexity index is 1170. The van der Waals surface area contributed by atoms with Gasteiger partial charge in [-0.1, -0.05) is 24.3 Å². The minimum atomic E-state index is -0.224. The zero-order valence-electron chi connectivity index (χ0n) is 20.5. The Balaban J connectivity index is 0.000000303. The number of nitrogens with two attached hydrogens (primary N) is 1. The lowest BCUT2D eigenvalue weighted by molar-refractivity contribution is -0.109. The molecule has 190 valence electrons. The third kappa shape index (κ3) is 7.22. The predicted octanol–water partition coefficient (Wildman–Crippen LogP) is 3.03. The van der Waals surface area contributed by atoms with E-state index in [1.54, 1.807) is 13.2 Å². The van der Waals surface area contributed by atoms with E-state index in [1.165, 1.54) is 18.5 Å². The molecule has 1 fully saturated rings. The van der Waals surface area contributed by atoms with Crippen molar-refractivity contribution >= 4 is 23.8 Å². The number of nitrogens with one attached hydrogen (secondary N) is 4. The van der Waals surface area contributed by atoms with Gasteiger partial charge in [0.1, 0.15) is 29.5 Å². The van der Waals surface area contributed by atoms with Crippen molar-refractivity contribution in [3.8, 4) is 5.75 Å². The van der Waals surface area contributed by atoms with E-state index in [1.807, 2.05) is 31.2 Å². The lowest BCUT2D eigenvalue weighted by Crippen LogP contribution is -2.36. The first-order valence-corrected chi connectivity index (χ1v) is 11.7. The van der Waals surface area contributed by atoms with Gasteiger partial charge in [0.25, 0.3) is 0 Å². The van der Waals surface area contributed by atoms with Crippen molar-refractivity contribution in [2.24, 2.45) is 0 Å². The number of ether oxygens (including phenoxy) is 1. The van der Waals surface area contributed by atoms with Gasteiger partial charge in [-0.05, 0) is 62.2 Å². The summed E-state index contributed by atoms with van der Waals surface area (Å²) >= 11 is 0. The maximum absolute atomic E-state index is 12.4. The van der Waals surface area contributed by atoms with Crippen molar-refractivity contribution < 1.29 is 13.9 Å². The Morgan fingerprint density at radius 1 is 1.22 bits per heavy atom. The summed E-state index contributed by atoms with van der Waals surface area (Å²) in [6.07, 6.45) is 4.07. The van der Waals surface area contributed by atoms with E-state index in [0.717, 1.165) is 48.4 Å². The number of methoxy groups -OCH3 is 1. The molecule has 1 aliphatic rings. The molecule has 2 heterocycles. The number of halogens is 1. The van der Waals surface area contributed by atoms with Gasteiger partial charge in [0.05, 0.1) is 18.4 Å². The lowest BCUT2D eigenvalue weighted by atomic mass is 10.0. The average molecular weight is 494 g/mol. The molecule has 6 N–H and O–H groups in total. The van der Waals surface area contributed by atoms with Crippen LogP contribution >= 0.6 is 0 Å². The molecule has 10 heteroatoms. The Kier molecular flexibility index (Phi) is 9.70. The second-order valence-electron chi connectivity index (χ2n) is 8.34. The highest BCUT2D eigenvalue weighted by Gasteiger charge is 2.20. The second kappa shape index (κ2) is 13.1. The van der Waals surface area contributed by atoms with Crippen LogP contribution in [0, 0.1) is 18.2 Å². The van der Waals surface area contributed by atoms with Crippen LogP contribution in [-0.4, -0.2) is 48.3 Å². The van der Waals surface area contributed by atoms with Crippen LogP contribution in [0.15, 0.2) is 48.8 Å². The van der Waals surface area contributed by atoms with E-state index in [2.05, 4.69) is 25.9 Å². The second-order valence-corrected chi connectivity index (χ2v) is 8.34. The van der Waals surface area contributed by atoms with Gasteiger partial charge in [0, 0.05) is 18.2 Å². The molecule has 9 nitrogen and oxygen atoms in total. The number of nitrogens with zero attached hydrogens (tertiary/aromatic N) is 2. The number of carbonyl (C=O) groups is 1. The summed E-state index contributed by atoms with van der Waals surface area (Å²) in [7, 11) is 1.57. The largest absolute Gasteiger partial charge is 0.496 e. The fourth-order valence-corrected chi connectivity index (χ4v) is 3.85. The molecule has 0 aliphatic carbocycles. The quantitative estimate of drug-likeness (QED) is 0.240. The maximum atomic E-state index is 12.4. The van der Waals surface area contributed by atoms with Crippen LogP contribution in [0.1, 0.15) is 35.1 Å². The van der Waals surface area contributed by atoms with Crippen molar-refractivity contribution in [2.45, 2.75) is 32.4 Å². The Morgan fingerprint density at radius 2 is 1.94 bits per heavy atom. The summed E-state index contributed by atoms with van der Waals surface area (Å²) in [4.78, 5) is 18.8. The molecule has 0 radical (unpaired) electrons. The van der Waals surface area contributed by atoms with Gasteiger partial charge in [-0.25, -0.2) is 14.4 Å². The summed E-state index contributed by atoms with van der Waals surface area (Å²) in [5.74, 6) is 1.38. The number of carbonyl (C=O) groups excluding carboxylic acids is 1. The van der Waals surface area contributed by atoms with Crippen molar-refractivity contribution in [1.82, 2.24) is 20.6 Å². The molecule has 0 bridgehead atoms. The smallest absolute Gasteiger partial charge is 0.207 e. The number of nitrogen functional groups attached to an aromatic ring is 1. The van der Waals surface area contributed by atoms with Crippen LogP contribution in [0.3, 0.4) is 0 Å². The van der Waals surface area contributed by atoms with Crippen LogP contribution in [-0.2, 0) is 11.3 Å². The highest BCUT2D eigenvalue weighted by molar-refractivity contribution is 6.16. The maximum Gasteiger partial charge on any atom is 0.207 e. The summed E-state index contributed by atoms with van der Waals surface area (Å²) in [6, 6.07) is 12.2. The number of aromatic nitrogens is 2. The first-order valence-electron chi connectivity index (χ1n) is 11.7. The molecule has 4 rings (SSSR count). The summed E-state index contributed by atoms with van der Waals surface area (Å²) < 4.78 is 17.4. The van der Waals surface area contributed by atoms with Gasteiger partial charge in [0.2, 0.25) is 6.41 Å². The minimum absolute atomic E-state index is 0.224. The van der Waals surface area contributed by atoms with Crippen molar-refractivity contribution in [2.75, 3.05) is 31.2 Å². The summed E-state index contributed by atoms with van der Waals surface area (Å²) in [5, 5.41) is 18.0. The zero-order chi connectivity index (χ0) is 25.9. The monoisotopic (exact) mass is 493 g/mol. The summed E-state index contributed by atoms with van der Waals surface area (Å²) in [5.41, 5.74) is 9.35. The van der Waals surface area contributed by atoms with Crippen molar-refractivity contribution in [3.05, 3.63) is 76.9 Å². The van der Waals surface area contributed by atoms with E-state index in [9.17, 15) is 9.18 Å². The number of amides is 1. The topological polar surface area (TPSA) is 138 Å². The molecule has 2 aromatic carbocycles. The number of hydrogen-bond acceptors (Lipinski definition) is 8. The van der Waals surface area contributed by atoms with E-state index in [-0.39, 0.29) is 17.3 Å². The van der Waals surface area contributed by atoms with Crippen LogP contribution in [0.4, 0.5) is 16.0 Å². The van der Waals surface area contributed by atoms with E-state index < -0.39 is 0 Å². The molecule has 0 spiro atoms. The lowest BCUT2D eigenvalue weighted by Gasteiger charge is -2.25. The van der Waals surface area contributed by atoms with Gasteiger partial charge >= 0.3 is 0 Å². The Labute approximate surface area is 210 Å². The fraction of sp³-hybridized carbons (Fsp3) is 0.308. The van der Waals surface area contributed by atoms with Gasteiger partial charge < -0.3 is 26.4 Å². The highest BCUT2D eigenvalue weighted by Crippen LogP contribution is 2.24. The molecule has 1 saturated heterocycles. The average Bonchev–Trinajstić information content (AvgIpc) is 2.89. The third-order valence-electron chi connectivity index (χ3n) is 5.80. The van der Waals surface area contributed by atoms with Crippen LogP contribution in [0.5, 0.6) is 5.75 Å². The first-order chi connectivity index (χ1) is 17.4. The van der Waals surface area contributed by atoms with Gasteiger partial charge in [0.15, 0.2) is 0 Å². The number of piperidine rings is 1. The normalized spacial score (nSPS) is 13.2. The number of aryl methyl sites for hydroxylation is 1. The molecule has 1 amide bonds. The van der Waals surface area contributed by atoms with Gasteiger partial charge in [-0.3, -0.25) is 10.2 Å². The molecule has 0 saturated carbocycles. The fourth-order valence-electron chi connectivity index (χ4n) is 3.85. The van der Waals surface area contributed by atoms with Crippen LogP contribution in [0.2, 0.25) is 0 Å². The third-order valence-corrected chi connectivity index (χ3v) is 5.80. The molecule has 1 aromatic heterocycles. The molecule has 0 unspecified atom stereocenters. The number of anilines is 2. The first kappa shape index (κ1) is 26.6. The Hall–Kier alpha value is -4.05. The van der Waals surface area contributed by atoms with E-state index in [4.69, 9.17) is 15.9 Å². The van der Waals surface area contributed by atoms with Gasteiger partial charge in [-0.2, -0.15) is 0 Å². The minimum Gasteiger partial charge on any atom is -0.496 e. The molecule has 3 aromatic rings. The summed E-state index contributed by atoms with van der Waals surface area (Å²) in [6.45, 7) is 4.18. The number of benzene rings is 2. The predicted molar refractivity (Wildman–Crippen MR) is 139 cm³/mol. The molecule has 36 heavy (non-hydrogen) atoms. The van der Waals surface area contributed by atoms with Crippen molar-refractivity contribution in [3.63, 3.8) is 0 Å². The van der Waals surface area contributed by atoms with E-state index >= 15 is 0 Å².